The van der Waals surface area contributed by atoms with Gasteiger partial charge in [-0.25, -0.2) is 9.97 Å². The molecular weight excluding hydrogens is 298 g/mol. The Bertz CT molecular complexity index is 571. The summed E-state index contributed by atoms with van der Waals surface area (Å²) in [6.45, 7) is 7.55. The van der Waals surface area contributed by atoms with Gasteiger partial charge in [-0.05, 0) is 38.7 Å². The van der Waals surface area contributed by atoms with E-state index in [1.165, 1.54) is 0 Å². The molecule has 120 valence electrons. The van der Waals surface area contributed by atoms with Crippen molar-refractivity contribution in [1.82, 2.24) is 15.3 Å². The zero-order valence-corrected chi connectivity index (χ0v) is 14.0. The SMILES string of the molecule is CC1=CS/C(=C(/N)c2ccnc(NCCCOC(C)C)n2)N1. The van der Waals surface area contributed by atoms with Gasteiger partial charge in [-0.1, -0.05) is 11.8 Å². The molecule has 1 aliphatic heterocycles. The maximum atomic E-state index is 6.17. The molecule has 2 rings (SSSR count). The smallest absolute Gasteiger partial charge is 0.223 e. The summed E-state index contributed by atoms with van der Waals surface area (Å²) in [4.78, 5) is 8.67. The molecule has 0 atom stereocenters. The summed E-state index contributed by atoms with van der Waals surface area (Å²) in [5, 5.41) is 9.35. The number of aromatic nitrogens is 2. The molecule has 0 aromatic carbocycles. The van der Waals surface area contributed by atoms with Crippen LogP contribution in [-0.2, 0) is 4.74 Å². The third kappa shape index (κ3) is 4.92. The Hall–Kier alpha value is -1.73. The minimum absolute atomic E-state index is 0.263. The first-order valence-corrected chi connectivity index (χ1v) is 8.23. The van der Waals surface area contributed by atoms with E-state index in [-0.39, 0.29) is 6.10 Å². The monoisotopic (exact) mass is 321 g/mol. The van der Waals surface area contributed by atoms with E-state index < -0.39 is 0 Å². The van der Waals surface area contributed by atoms with E-state index in [0.717, 1.165) is 30.3 Å². The van der Waals surface area contributed by atoms with Gasteiger partial charge in [-0.2, -0.15) is 0 Å². The van der Waals surface area contributed by atoms with Crippen molar-refractivity contribution in [2.75, 3.05) is 18.5 Å². The second kappa shape index (κ2) is 8.05. The van der Waals surface area contributed by atoms with E-state index in [2.05, 4.69) is 20.6 Å². The van der Waals surface area contributed by atoms with Crippen LogP contribution in [0.1, 0.15) is 32.9 Å². The highest BCUT2D eigenvalue weighted by atomic mass is 32.2. The van der Waals surface area contributed by atoms with Gasteiger partial charge in [0, 0.05) is 25.0 Å². The summed E-state index contributed by atoms with van der Waals surface area (Å²) < 4.78 is 5.49. The van der Waals surface area contributed by atoms with E-state index >= 15 is 0 Å². The molecule has 0 unspecified atom stereocenters. The van der Waals surface area contributed by atoms with Crippen LogP contribution in [-0.4, -0.2) is 29.2 Å². The molecule has 0 bridgehead atoms. The summed E-state index contributed by atoms with van der Waals surface area (Å²) in [5.41, 5.74) is 8.60. The Labute approximate surface area is 135 Å². The van der Waals surface area contributed by atoms with Crippen molar-refractivity contribution in [3.63, 3.8) is 0 Å². The van der Waals surface area contributed by atoms with Gasteiger partial charge in [0.15, 0.2) is 0 Å². The molecule has 1 aliphatic rings. The molecule has 22 heavy (non-hydrogen) atoms. The van der Waals surface area contributed by atoms with Crippen molar-refractivity contribution in [1.29, 1.82) is 0 Å². The molecule has 0 saturated carbocycles. The molecule has 0 aliphatic carbocycles. The third-order valence-electron chi connectivity index (χ3n) is 2.90. The maximum absolute atomic E-state index is 6.17. The van der Waals surface area contributed by atoms with Gasteiger partial charge < -0.3 is 21.1 Å². The van der Waals surface area contributed by atoms with Crippen molar-refractivity contribution in [2.24, 2.45) is 5.73 Å². The van der Waals surface area contributed by atoms with E-state index in [9.17, 15) is 0 Å². The number of hydrogen-bond acceptors (Lipinski definition) is 7. The van der Waals surface area contributed by atoms with E-state index in [4.69, 9.17) is 10.5 Å². The molecule has 1 aromatic rings. The van der Waals surface area contributed by atoms with Crippen molar-refractivity contribution < 1.29 is 4.74 Å². The lowest BCUT2D eigenvalue weighted by molar-refractivity contribution is 0.0787. The Morgan fingerprint density at radius 2 is 2.32 bits per heavy atom. The lowest BCUT2D eigenvalue weighted by Crippen LogP contribution is -2.13. The summed E-state index contributed by atoms with van der Waals surface area (Å²) >= 11 is 1.57. The standard InChI is InChI=1S/C15H23N5OS/c1-10(2)21-8-4-6-17-15-18-7-5-12(20-15)13(16)14-19-11(3)9-22-14/h5,7,9-10,19H,4,6,8,16H2,1-3H3,(H,17,18,20)/b14-13+. The van der Waals surface area contributed by atoms with Crippen molar-refractivity contribution in [2.45, 2.75) is 33.3 Å². The summed E-state index contributed by atoms with van der Waals surface area (Å²) in [6, 6.07) is 1.81. The number of nitrogens with one attached hydrogen (secondary N) is 2. The summed E-state index contributed by atoms with van der Waals surface area (Å²) in [6.07, 6.45) is 2.88. The van der Waals surface area contributed by atoms with Crippen LogP contribution in [0.5, 0.6) is 0 Å². The van der Waals surface area contributed by atoms with Crippen molar-refractivity contribution >= 4 is 23.4 Å². The largest absolute Gasteiger partial charge is 0.395 e. The number of rotatable bonds is 7. The Kier molecular flexibility index (Phi) is 6.09. The molecule has 0 spiro atoms. The molecule has 2 heterocycles. The second-order valence-electron chi connectivity index (χ2n) is 5.25. The van der Waals surface area contributed by atoms with Crippen LogP contribution in [0.25, 0.3) is 5.70 Å². The number of nitrogens with two attached hydrogens (primary N) is 1. The first kappa shape index (κ1) is 16.6. The van der Waals surface area contributed by atoms with Crippen molar-refractivity contribution in [3.8, 4) is 0 Å². The zero-order chi connectivity index (χ0) is 15.9. The number of thioether (sulfide) groups is 1. The topological polar surface area (TPSA) is 85.1 Å². The fourth-order valence-electron chi connectivity index (χ4n) is 1.82. The molecule has 0 saturated heterocycles. The number of hydrogen-bond donors (Lipinski definition) is 3. The predicted molar refractivity (Wildman–Crippen MR) is 91.8 cm³/mol. The fraction of sp³-hybridized carbons (Fsp3) is 0.467. The first-order chi connectivity index (χ1) is 10.6. The first-order valence-electron chi connectivity index (χ1n) is 7.35. The number of allylic oxidation sites excluding steroid dienone is 1. The number of nitrogens with zero attached hydrogens (tertiary/aromatic N) is 2. The Morgan fingerprint density at radius 3 is 3.00 bits per heavy atom. The maximum Gasteiger partial charge on any atom is 0.223 e. The van der Waals surface area contributed by atoms with E-state index in [1.807, 2.05) is 32.2 Å². The minimum atomic E-state index is 0.263. The van der Waals surface area contributed by atoms with Crippen LogP contribution < -0.4 is 16.4 Å². The molecule has 7 heteroatoms. The molecule has 0 fully saturated rings. The zero-order valence-electron chi connectivity index (χ0n) is 13.2. The Balaban J connectivity index is 1.90. The van der Waals surface area contributed by atoms with Crippen LogP contribution in [0.3, 0.4) is 0 Å². The van der Waals surface area contributed by atoms with E-state index in [0.29, 0.717) is 17.3 Å². The van der Waals surface area contributed by atoms with Gasteiger partial charge in [-0.3, -0.25) is 0 Å². The number of anilines is 1. The minimum Gasteiger partial charge on any atom is -0.395 e. The molecule has 1 aromatic heterocycles. The quantitative estimate of drug-likeness (QED) is 0.665. The highest BCUT2D eigenvalue weighted by Crippen LogP contribution is 2.28. The average molecular weight is 321 g/mol. The van der Waals surface area contributed by atoms with Gasteiger partial charge in [0.2, 0.25) is 5.95 Å². The van der Waals surface area contributed by atoms with Gasteiger partial charge in [0.05, 0.1) is 17.5 Å². The van der Waals surface area contributed by atoms with Gasteiger partial charge >= 0.3 is 0 Å². The lowest BCUT2D eigenvalue weighted by atomic mass is 10.3. The average Bonchev–Trinajstić information content (AvgIpc) is 2.93. The van der Waals surface area contributed by atoms with Gasteiger partial charge in [0.25, 0.3) is 0 Å². The normalized spacial score (nSPS) is 16.5. The molecule has 0 radical (unpaired) electrons. The van der Waals surface area contributed by atoms with Gasteiger partial charge in [0.1, 0.15) is 5.03 Å². The van der Waals surface area contributed by atoms with Crippen LogP contribution >= 0.6 is 11.8 Å². The molecule has 6 nitrogen and oxygen atoms in total. The summed E-state index contributed by atoms with van der Waals surface area (Å²) in [7, 11) is 0. The van der Waals surface area contributed by atoms with Crippen LogP contribution in [0.4, 0.5) is 5.95 Å². The predicted octanol–water partition coefficient (Wildman–Crippen LogP) is 2.49. The highest BCUT2D eigenvalue weighted by Gasteiger charge is 2.13. The lowest BCUT2D eigenvalue weighted by Gasteiger charge is -2.10. The van der Waals surface area contributed by atoms with E-state index in [1.54, 1.807) is 18.0 Å². The van der Waals surface area contributed by atoms with Crippen molar-refractivity contribution in [3.05, 3.63) is 34.1 Å². The van der Waals surface area contributed by atoms with Crippen LogP contribution in [0, 0.1) is 0 Å². The fourth-order valence-corrected chi connectivity index (χ4v) is 2.62. The van der Waals surface area contributed by atoms with Crippen LogP contribution in [0.15, 0.2) is 28.4 Å². The Morgan fingerprint density at radius 1 is 1.50 bits per heavy atom. The molecule has 0 amide bonds. The highest BCUT2D eigenvalue weighted by molar-refractivity contribution is 8.06. The second-order valence-corrected chi connectivity index (χ2v) is 6.13. The number of ether oxygens (including phenoxy) is 1. The molecular formula is C15H23N5OS. The molecule has 4 N–H and O–H groups in total. The third-order valence-corrected chi connectivity index (χ3v) is 3.92. The summed E-state index contributed by atoms with van der Waals surface area (Å²) in [5.74, 6) is 0.582. The van der Waals surface area contributed by atoms with Gasteiger partial charge in [-0.15, -0.1) is 0 Å². The van der Waals surface area contributed by atoms with Crippen LogP contribution in [0.2, 0.25) is 0 Å².